The molecule has 0 fully saturated rings. The zero-order valence-corrected chi connectivity index (χ0v) is 9.62. The van der Waals surface area contributed by atoms with Gasteiger partial charge in [-0.2, -0.15) is 0 Å². The van der Waals surface area contributed by atoms with Gasteiger partial charge < -0.3 is 11.5 Å². The van der Waals surface area contributed by atoms with E-state index in [2.05, 4.69) is 13.0 Å². The van der Waals surface area contributed by atoms with Crippen LogP contribution in [0, 0.1) is 13.8 Å². The monoisotopic (exact) mass is 212 g/mol. The fourth-order valence-electron chi connectivity index (χ4n) is 2.00. The Morgan fingerprint density at radius 1 is 0.938 bits per heavy atom. The smallest absolute Gasteiger partial charge is 0.0350 e. The van der Waals surface area contributed by atoms with E-state index in [1.54, 1.807) is 0 Å². The molecule has 2 nitrogen and oxygen atoms in total. The lowest BCUT2D eigenvalue weighted by molar-refractivity contribution is 1.38. The van der Waals surface area contributed by atoms with Gasteiger partial charge in [-0.05, 0) is 54.3 Å². The van der Waals surface area contributed by atoms with Gasteiger partial charge in [0.1, 0.15) is 0 Å². The number of aryl methyl sites for hydroxylation is 1. The van der Waals surface area contributed by atoms with Crippen molar-refractivity contribution in [2.24, 2.45) is 0 Å². The van der Waals surface area contributed by atoms with Crippen LogP contribution in [0.15, 0.2) is 36.4 Å². The van der Waals surface area contributed by atoms with Gasteiger partial charge >= 0.3 is 0 Å². The molecule has 2 aromatic rings. The van der Waals surface area contributed by atoms with E-state index in [0.29, 0.717) is 0 Å². The highest BCUT2D eigenvalue weighted by Crippen LogP contribution is 2.31. The van der Waals surface area contributed by atoms with E-state index in [4.69, 9.17) is 11.5 Å². The number of nitrogens with two attached hydrogens (primary N) is 2. The second kappa shape index (κ2) is 3.89. The molecule has 0 aliphatic heterocycles. The number of nitrogen functional groups attached to an aromatic ring is 2. The van der Waals surface area contributed by atoms with Crippen molar-refractivity contribution in [2.75, 3.05) is 11.5 Å². The largest absolute Gasteiger partial charge is 0.399 e. The summed E-state index contributed by atoms with van der Waals surface area (Å²) in [6, 6.07) is 11.9. The zero-order valence-electron chi connectivity index (χ0n) is 9.62. The quantitative estimate of drug-likeness (QED) is 0.713. The van der Waals surface area contributed by atoms with Crippen LogP contribution in [0.1, 0.15) is 11.1 Å². The Bertz CT molecular complexity index is 530. The average Bonchev–Trinajstić information content (AvgIpc) is 2.24. The molecular weight excluding hydrogens is 196 g/mol. The van der Waals surface area contributed by atoms with Crippen LogP contribution in [-0.4, -0.2) is 0 Å². The molecule has 0 bridgehead atoms. The number of benzene rings is 2. The van der Waals surface area contributed by atoms with Gasteiger partial charge in [0, 0.05) is 11.4 Å². The van der Waals surface area contributed by atoms with E-state index in [1.165, 1.54) is 11.1 Å². The van der Waals surface area contributed by atoms with Crippen molar-refractivity contribution in [3.8, 4) is 11.1 Å². The van der Waals surface area contributed by atoms with Crippen LogP contribution >= 0.6 is 0 Å². The summed E-state index contributed by atoms with van der Waals surface area (Å²) in [5, 5.41) is 0. The Hall–Kier alpha value is -1.96. The molecule has 0 spiro atoms. The summed E-state index contributed by atoms with van der Waals surface area (Å²) in [4.78, 5) is 0. The van der Waals surface area contributed by atoms with Crippen molar-refractivity contribution >= 4 is 11.4 Å². The molecule has 2 heteroatoms. The molecule has 0 aliphatic rings. The fraction of sp³-hybridized carbons (Fsp3) is 0.143. The van der Waals surface area contributed by atoms with Crippen LogP contribution in [0.3, 0.4) is 0 Å². The van der Waals surface area contributed by atoms with Crippen molar-refractivity contribution in [1.82, 2.24) is 0 Å². The minimum Gasteiger partial charge on any atom is -0.399 e. The first-order chi connectivity index (χ1) is 7.59. The second-order valence-corrected chi connectivity index (χ2v) is 4.10. The lowest BCUT2D eigenvalue weighted by Gasteiger charge is -2.12. The Labute approximate surface area is 95.9 Å². The first-order valence-corrected chi connectivity index (χ1v) is 5.31. The lowest BCUT2D eigenvalue weighted by Crippen LogP contribution is -1.95. The van der Waals surface area contributed by atoms with E-state index in [-0.39, 0.29) is 0 Å². The molecule has 82 valence electrons. The summed E-state index contributed by atoms with van der Waals surface area (Å²) >= 11 is 0. The molecular formula is C14H16N2. The number of hydrogen-bond acceptors (Lipinski definition) is 2. The summed E-state index contributed by atoms with van der Waals surface area (Å²) in [6.07, 6.45) is 0. The van der Waals surface area contributed by atoms with E-state index < -0.39 is 0 Å². The summed E-state index contributed by atoms with van der Waals surface area (Å²) in [6.45, 7) is 4.13. The highest BCUT2D eigenvalue weighted by molar-refractivity contribution is 5.77. The molecule has 16 heavy (non-hydrogen) atoms. The predicted molar refractivity (Wildman–Crippen MR) is 70.2 cm³/mol. The van der Waals surface area contributed by atoms with E-state index in [0.717, 1.165) is 22.5 Å². The summed E-state index contributed by atoms with van der Waals surface area (Å²) in [7, 11) is 0. The Morgan fingerprint density at radius 3 is 2.38 bits per heavy atom. The molecule has 4 N–H and O–H groups in total. The SMILES string of the molecule is Cc1ccc(N)c(C)c1-c1cccc(N)c1. The fourth-order valence-corrected chi connectivity index (χ4v) is 2.00. The van der Waals surface area contributed by atoms with Gasteiger partial charge in [-0.15, -0.1) is 0 Å². The van der Waals surface area contributed by atoms with Crippen molar-refractivity contribution in [1.29, 1.82) is 0 Å². The van der Waals surface area contributed by atoms with Crippen LogP contribution < -0.4 is 11.5 Å². The zero-order chi connectivity index (χ0) is 11.7. The molecule has 0 radical (unpaired) electrons. The van der Waals surface area contributed by atoms with E-state index in [9.17, 15) is 0 Å². The third-order valence-electron chi connectivity index (χ3n) is 2.89. The topological polar surface area (TPSA) is 52.0 Å². The molecule has 0 saturated heterocycles. The second-order valence-electron chi connectivity index (χ2n) is 4.10. The highest BCUT2D eigenvalue weighted by Gasteiger charge is 2.07. The van der Waals surface area contributed by atoms with Gasteiger partial charge in [0.15, 0.2) is 0 Å². The third kappa shape index (κ3) is 1.74. The molecule has 0 saturated carbocycles. The maximum atomic E-state index is 5.93. The molecule has 2 aromatic carbocycles. The van der Waals surface area contributed by atoms with Crippen LogP contribution in [0.5, 0.6) is 0 Å². The Morgan fingerprint density at radius 2 is 1.69 bits per heavy atom. The van der Waals surface area contributed by atoms with Crippen LogP contribution in [-0.2, 0) is 0 Å². The maximum absolute atomic E-state index is 5.93. The lowest BCUT2D eigenvalue weighted by atomic mass is 9.94. The number of rotatable bonds is 1. The van der Waals surface area contributed by atoms with Gasteiger partial charge in [0.25, 0.3) is 0 Å². The Kier molecular flexibility index (Phi) is 2.57. The molecule has 0 unspecified atom stereocenters. The average molecular weight is 212 g/mol. The molecule has 0 aromatic heterocycles. The molecule has 0 aliphatic carbocycles. The summed E-state index contributed by atoms with van der Waals surface area (Å²) in [5.74, 6) is 0. The molecule has 0 atom stereocenters. The first kappa shape index (κ1) is 10.6. The molecule has 0 heterocycles. The predicted octanol–water partition coefficient (Wildman–Crippen LogP) is 3.13. The van der Waals surface area contributed by atoms with Crippen molar-refractivity contribution in [2.45, 2.75) is 13.8 Å². The van der Waals surface area contributed by atoms with Crippen molar-refractivity contribution in [3.63, 3.8) is 0 Å². The van der Waals surface area contributed by atoms with Gasteiger partial charge in [0.05, 0.1) is 0 Å². The van der Waals surface area contributed by atoms with E-state index in [1.807, 2.05) is 37.3 Å². The first-order valence-electron chi connectivity index (χ1n) is 5.31. The van der Waals surface area contributed by atoms with Gasteiger partial charge in [0.2, 0.25) is 0 Å². The number of anilines is 2. The van der Waals surface area contributed by atoms with Crippen molar-refractivity contribution in [3.05, 3.63) is 47.5 Å². The molecule has 2 rings (SSSR count). The van der Waals surface area contributed by atoms with Gasteiger partial charge in [-0.1, -0.05) is 18.2 Å². The Balaban J connectivity index is 2.68. The summed E-state index contributed by atoms with van der Waals surface area (Å²) in [5.41, 5.74) is 18.0. The summed E-state index contributed by atoms with van der Waals surface area (Å²) < 4.78 is 0. The minimum absolute atomic E-state index is 0.777. The highest BCUT2D eigenvalue weighted by atomic mass is 14.6. The van der Waals surface area contributed by atoms with Crippen LogP contribution in [0.2, 0.25) is 0 Å². The number of hydrogen-bond donors (Lipinski definition) is 2. The van der Waals surface area contributed by atoms with Crippen LogP contribution in [0.4, 0.5) is 11.4 Å². The van der Waals surface area contributed by atoms with E-state index >= 15 is 0 Å². The normalized spacial score (nSPS) is 10.4. The standard InChI is InChI=1S/C14H16N2/c1-9-6-7-13(16)10(2)14(9)11-4-3-5-12(15)8-11/h3-8H,15-16H2,1-2H3. The third-order valence-corrected chi connectivity index (χ3v) is 2.89. The van der Waals surface area contributed by atoms with Crippen LogP contribution in [0.25, 0.3) is 11.1 Å². The maximum Gasteiger partial charge on any atom is 0.0350 e. The van der Waals surface area contributed by atoms with Crippen molar-refractivity contribution < 1.29 is 0 Å². The molecule has 0 amide bonds. The minimum atomic E-state index is 0.777. The van der Waals surface area contributed by atoms with Gasteiger partial charge in [-0.25, -0.2) is 0 Å². The van der Waals surface area contributed by atoms with Gasteiger partial charge in [-0.3, -0.25) is 0 Å².